The van der Waals surface area contributed by atoms with Gasteiger partial charge in [-0.3, -0.25) is 0 Å². The third-order valence-electron chi connectivity index (χ3n) is 3.27. The Hall–Kier alpha value is -0.130. The minimum atomic E-state index is -2.72. The van der Waals surface area contributed by atoms with Gasteiger partial charge in [0.2, 0.25) is 0 Å². The molecule has 2 aliphatic heterocycles. The van der Waals surface area contributed by atoms with Gasteiger partial charge >= 0.3 is 0 Å². The van der Waals surface area contributed by atoms with Crippen LogP contribution < -0.4 is 5.32 Å². The van der Waals surface area contributed by atoms with Crippen molar-refractivity contribution in [1.29, 1.82) is 0 Å². The standard InChI is InChI=1S/C10H19NO3S/c12-15(13)5-2-10(3-6-15)11-7-9-1-4-14-8-9/h9-11H,1-8H2. The van der Waals surface area contributed by atoms with Crippen LogP contribution >= 0.6 is 0 Å². The lowest BCUT2D eigenvalue weighted by Crippen LogP contribution is -2.39. The molecule has 0 aromatic heterocycles. The second-order valence-electron chi connectivity index (χ2n) is 4.56. The molecule has 1 atom stereocenters. The Balaban J connectivity index is 1.68. The molecule has 0 saturated carbocycles. The van der Waals surface area contributed by atoms with Crippen molar-refractivity contribution in [2.45, 2.75) is 25.3 Å². The number of sulfone groups is 1. The van der Waals surface area contributed by atoms with Gasteiger partial charge in [-0.25, -0.2) is 8.42 Å². The lowest BCUT2D eigenvalue weighted by molar-refractivity contribution is 0.184. The summed E-state index contributed by atoms with van der Waals surface area (Å²) in [5.41, 5.74) is 0. The quantitative estimate of drug-likeness (QED) is 0.756. The first-order valence-corrected chi connectivity index (χ1v) is 7.49. The molecule has 0 bridgehead atoms. The monoisotopic (exact) mass is 233 g/mol. The highest BCUT2D eigenvalue weighted by molar-refractivity contribution is 7.91. The molecule has 2 aliphatic rings. The van der Waals surface area contributed by atoms with Crippen LogP contribution in [0.5, 0.6) is 0 Å². The highest BCUT2D eigenvalue weighted by atomic mass is 32.2. The summed E-state index contributed by atoms with van der Waals surface area (Å²) in [4.78, 5) is 0. The van der Waals surface area contributed by atoms with Gasteiger partial charge in [0.1, 0.15) is 9.84 Å². The van der Waals surface area contributed by atoms with Gasteiger partial charge < -0.3 is 10.1 Å². The number of ether oxygens (including phenoxy) is 1. The molecule has 2 heterocycles. The molecule has 5 heteroatoms. The SMILES string of the molecule is O=S1(=O)CCC(NCC2CCOC2)CC1. The fourth-order valence-corrected chi connectivity index (χ4v) is 3.66. The predicted molar refractivity (Wildman–Crippen MR) is 58.6 cm³/mol. The molecule has 0 aromatic rings. The second kappa shape index (κ2) is 4.80. The summed E-state index contributed by atoms with van der Waals surface area (Å²) in [6.07, 6.45) is 2.68. The van der Waals surface area contributed by atoms with Crippen LogP contribution in [0.4, 0.5) is 0 Å². The zero-order valence-corrected chi connectivity index (χ0v) is 9.76. The summed E-state index contributed by atoms with van der Waals surface area (Å²) in [7, 11) is -2.72. The number of nitrogens with one attached hydrogen (secondary N) is 1. The van der Waals surface area contributed by atoms with Crippen LogP contribution in [0.3, 0.4) is 0 Å². The highest BCUT2D eigenvalue weighted by Gasteiger charge is 2.24. The van der Waals surface area contributed by atoms with E-state index in [1.54, 1.807) is 0 Å². The Labute approximate surface area is 91.3 Å². The lowest BCUT2D eigenvalue weighted by Gasteiger charge is -2.24. The summed E-state index contributed by atoms with van der Waals surface area (Å²) in [5, 5.41) is 3.46. The van der Waals surface area contributed by atoms with Gasteiger partial charge in [-0.1, -0.05) is 0 Å². The Bertz CT molecular complexity index is 282. The van der Waals surface area contributed by atoms with E-state index < -0.39 is 9.84 Å². The Morgan fingerprint density at radius 1 is 1.20 bits per heavy atom. The lowest BCUT2D eigenvalue weighted by atomic mass is 10.1. The minimum Gasteiger partial charge on any atom is -0.381 e. The minimum absolute atomic E-state index is 0.353. The third kappa shape index (κ3) is 3.43. The molecular formula is C10H19NO3S. The molecule has 0 spiro atoms. The summed E-state index contributed by atoms with van der Waals surface area (Å²) in [5.74, 6) is 1.33. The number of hydrogen-bond donors (Lipinski definition) is 1. The van der Waals surface area contributed by atoms with E-state index in [4.69, 9.17) is 4.74 Å². The molecule has 0 amide bonds. The van der Waals surface area contributed by atoms with Crippen molar-refractivity contribution in [3.8, 4) is 0 Å². The molecule has 1 unspecified atom stereocenters. The zero-order chi connectivity index (χ0) is 10.7. The first kappa shape index (κ1) is 11.4. The van der Waals surface area contributed by atoms with Gasteiger partial charge in [-0.15, -0.1) is 0 Å². The van der Waals surface area contributed by atoms with Gasteiger partial charge in [0.05, 0.1) is 18.1 Å². The van der Waals surface area contributed by atoms with Crippen LogP contribution in [0, 0.1) is 5.92 Å². The topological polar surface area (TPSA) is 55.4 Å². The maximum Gasteiger partial charge on any atom is 0.150 e. The molecule has 1 N–H and O–H groups in total. The van der Waals surface area contributed by atoms with Crippen LogP contribution in [0.25, 0.3) is 0 Å². The molecule has 2 rings (SSSR count). The first-order chi connectivity index (χ1) is 7.16. The molecule has 2 saturated heterocycles. The predicted octanol–water partition coefficient (Wildman–Crippen LogP) is 0.190. The van der Waals surface area contributed by atoms with Crippen LogP contribution in [0.15, 0.2) is 0 Å². The average Bonchev–Trinajstić information content (AvgIpc) is 2.69. The zero-order valence-electron chi connectivity index (χ0n) is 8.94. The van der Waals surface area contributed by atoms with Gasteiger partial charge in [-0.05, 0) is 25.2 Å². The maximum atomic E-state index is 11.2. The smallest absolute Gasteiger partial charge is 0.150 e. The van der Waals surface area contributed by atoms with E-state index in [0.29, 0.717) is 23.5 Å². The molecule has 88 valence electrons. The van der Waals surface area contributed by atoms with E-state index >= 15 is 0 Å². The van der Waals surface area contributed by atoms with Crippen molar-refractivity contribution in [2.75, 3.05) is 31.3 Å². The van der Waals surface area contributed by atoms with E-state index in [1.807, 2.05) is 0 Å². The van der Waals surface area contributed by atoms with Crippen LogP contribution in [-0.2, 0) is 14.6 Å². The normalized spacial score (nSPS) is 31.9. The Morgan fingerprint density at radius 2 is 1.93 bits per heavy atom. The summed E-state index contributed by atoms with van der Waals surface area (Å²) < 4.78 is 27.7. The van der Waals surface area contributed by atoms with Crippen LogP contribution in [-0.4, -0.2) is 45.7 Å². The van der Waals surface area contributed by atoms with Crippen molar-refractivity contribution in [3.63, 3.8) is 0 Å². The van der Waals surface area contributed by atoms with Crippen molar-refractivity contribution in [2.24, 2.45) is 5.92 Å². The number of hydrogen-bond acceptors (Lipinski definition) is 4. The van der Waals surface area contributed by atoms with E-state index in [1.165, 1.54) is 0 Å². The van der Waals surface area contributed by atoms with E-state index in [0.717, 1.165) is 39.0 Å². The van der Waals surface area contributed by atoms with E-state index in [-0.39, 0.29) is 0 Å². The maximum absolute atomic E-state index is 11.2. The first-order valence-electron chi connectivity index (χ1n) is 5.67. The summed E-state index contributed by atoms with van der Waals surface area (Å²) in [6, 6.07) is 0.397. The van der Waals surface area contributed by atoms with E-state index in [9.17, 15) is 8.42 Å². The van der Waals surface area contributed by atoms with Crippen LogP contribution in [0.2, 0.25) is 0 Å². The van der Waals surface area contributed by atoms with Crippen molar-refractivity contribution in [3.05, 3.63) is 0 Å². The Kier molecular flexibility index (Phi) is 3.64. The van der Waals surface area contributed by atoms with Crippen molar-refractivity contribution >= 4 is 9.84 Å². The van der Waals surface area contributed by atoms with Crippen molar-refractivity contribution < 1.29 is 13.2 Å². The average molecular weight is 233 g/mol. The van der Waals surface area contributed by atoms with Gasteiger partial charge in [-0.2, -0.15) is 0 Å². The van der Waals surface area contributed by atoms with Gasteiger partial charge in [0, 0.05) is 19.2 Å². The summed E-state index contributed by atoms with van der Waals surface area (Å²) in [6.45, 7) is 2.72. The molecule has 0 aromatic carbocycles. The Morgan fingerprint density at radius 3 is 2.53 bits per heavy atom. The van der Waals surface area contributed by atoms with Crippen LogP contribution in [0.1, 0.15) is 19.3 Å². The third-order valence-corrected chi connectivity index (χ3v) is 4.99. The molecule has 15 heavy (non-hydrogen) atoms. The largest absolute Gasteiger partial charge is 0.381 e. The van der Waals surface area contributed by atoms with E-state index in [2.05, 4.69) is 5.32 Å². The van der Waals surface area contributed by atoms with Crippen molar-refractivity contribution in [1.82, 2.24) is 5.32 Å². The number of rotatable bonds is 3. The summed E-state index contributed by atoms with van der Waals surface area (Å²) >= 11 is 0. The molecule has 0 radical (unpaired) electrons. The molecule has 0 aliphatic carbocycles. The van der Waals surface area contributed by atoms with Gasteiger partial charge in [0.25, 0.3) is 0 Å². The fourth-order valence-electron chi connectivity index (χ4n) is 2.17. The molecule has 2 fully saturated rings. The molecular weight excluding hydrogens is 214 g/mol. The second-order valence-corrected chi connectivity index (χ2v) is 6.87. The molecule has 4 nitrogen and oxygen atoms in total. The van der Waals surface area contributed by atoms with Gasteiger partial charge in [0.15, 0.2) is 0 Å². The highest BCUT2D eigenvalue weighted by Crippen LogP contribution is 2.15. The fraction of sp³-hybridized carbons (Fsp3) is 1.00.